The van der Waals surface area contributed by atoms with Crippen molar-refractivity contribution in [2.75, 3.05) is 18.5 Å². The summed E-state index contributed by atoms with van der Waals surface area (Å²) in [6.45, 7) is 2.54. The molecule has 19 heavy (non-hydrogen) atoms. The molecule has 1 unspecified atom stereocenters. The second kappa shape index (κ2) is 4.29. The van der Waals surface area contributed by atoms with E-state index in [1.54, 1.807) is 19.1 Å². The monoisotopic (exact) mass is 282 g/mol. The summed E-state index contributed by atoms with van der Waals surface area (Å²) < 4.78 is 25.7. The van der Waals surface area contributed by atoms with E-state index >= 15 is 0 Å². The standard InChI is InChI=1S/C12H14N2O4S/c1-8-10-7-9(3-4-11(10)13-12(8)15)19(16,17)14-5-2-6-18-14/h3-4,7-8H,2,5-6H2,1H3,(H,13,15). The molecule has 1 N–H and O–H groups in total. The molecule has 2 aliphatic heterocycles. The molecule has 0 radical (unpaired) electrons. The molecule has 2 aliphatic rings. The van der Waals surface area contributed by atoms with Crippen molar-refractivity contribution in [1.82, 2.24) is 4.47 Å². The van der Waals surface area contributed by atoms with E-state index in [-0.39, 0.29) is 16.7 Å². The summed E-state index contributed by atoms with van der Waals surface area (Å²) in [7, 11) is -3.63. The minimum atomic E-state index is -3.63. The van der Waals surface area contributed by atoms with Gasteiger partial charge >= 0.3 is 0 Å². The Morgan fingerprint density at radius 2 is 2.21 bits per heavy atom. The first-order chi connectivity index (χ1) is 9.00. The predicted molar refractivity (Wildman–Crippen MR) is 67.9 cm³/mol. The lowest BCUT2D eigenvalue weighted by molar-refractivity contribution is -0.116. The highest BCUT2D eigenvalue weighted by Crippen LogP contribution is 2.34. The van der Waals surface area contributed by atoms with Gasteiger partial charge in [-0.05, 0) is 37.1 Å². The lowest BCUT2D eigenvalue weighted by Crippen LogP contribution is -2.26. The third-order valence-corrected chi connectivity index (χ3v) is 5.10. The number of amides is 1. The van der Waals surface area contributed by atoms with Crippen molar-refractivity contribution in [2.45, 2.75) is 24.2 Å². The molecule has 1 saturated heterocycles. The SMILES string of the molecule is CC1C(=O)Nc2ccc(S(=O)(=O)N3CCCO3)cc21. The number of benzene rings is 1. The molecule has 0 saturated carbocycles. The molecule has 0 aromatic heterocycles. The van der Waals surface area contributed by atoms with Gasteiger partial charge in [0.05, 0.1) is 17.4 Å². The Hall–Kier alpha value is -1.44. The molecule has 102 valence electrons. The highest BCUT2D eigenvalue weighted by molar-refractivity contribution is 7.89. The van der Waals surface area contributed by atoms with Gasteiger partial charge in [0.15, 0.2) is 0 Å². The minimum absolute atomic E-state index is 0.109. The third-order valence-electron chi connectivity index (χ3n) is 3.43. The van der Waals surface area contributed by atoms with E-state index < -0.39 is 10.0 Å². The fourth-order valence-corrected chi connectivity index (χ4v) is 3.62. The first-order valence-electron chi connectivity index (χ1n) is 6.10. The van der Waals surface area contributed by atoms with Gasteiger partial charge in [-0.3, -0.25) is 9.63 Å². The number of hydrogen-bond donors (Lipinski definition) is 1. The molecule has 6 nitrogen and oxygen atoms in total. The zero-order valence-corrected chi connectivity index (χ0v) is 11.2. The molecule has 0 bridgehead atoms. The van der Waals surface area contributed by atoms with Crippen LogP contribution in [0.3, 0.4) is 0 Å². The molecule has 0 spiro atoms. The number of carbonyl (C=O) groups excluding carboxylic acids is 1. The Labute approximate surface area is 111 Å². The molecule has 0 aliphatic carbocycles. The fourth-order valence-electron chi connectivity index (χ4n) is 2.29. The maximum Gasteiger partial charge on any atom is 0.265 e. The van der Waals surface area contributed by atoms with E-state index in [0.29, 0.717) is 30.8 Å². The van der Waals surface area contributed by atoms with E-state index in [1.807, 2.05) is 0 Å². The second-order valence-electron chi connectivity index (χ2n) is 4.68. The average Bonchev–Trinajstić information content (AvgIpc) is 3.00. The topological polar surface area (TPSA) is 75.7 Å². The van der Waals surface area contributed by atoms with Crippen LogP contribution in [0.15, 0.2) is 23.1 Å². The van der Waals surface area contributed by atoms with Crippen molar-refractivity contribution in [3.05, 3.63) is 23.8 Å². The van der Waals surface area contributed by atoms with Crippen LogP contribution in [0.2, 0.25) is 0 Å². The summed E-state index contributed by atoms with van der Waals surface area (Å²) >= 11 is 0. The summed E-state index contributed by atoms with van der Waals surface area (Å²) in [4.78, 5) is 16.8. The smallest absolute Gasteiger partial charge is 0.265 e. The van der Waals surface area contributed by atoms with Crippen LogP contribution in [0.25, 0.3) is 0 Å². The Morgan fingerprint density at radius 3 is 2.89 bits per heavy atom. The number of rotatable bonds is 2. The van der Waals surface area contributed by atoms with E-state index in [2.05, 4.69) is 5.32 Å². The van der Waals surface area contributed by atoms with Gasteiger partial charge in [0.25, 0.3) is 10.0 Å². The fraction of sp³-hybridized carbons (Fsp3) is 0.417. The van der Waals surface area contributed by atoms with Gasteiger partial charge in [0, 0.05) is 12.2 Å². The van der Waals surface area contributed by atoms with Gasteiger partial charge in [0.1, 0.15) is 0 Å². The normalized spacial score (nSPS) is 23.4. The Bertz CT molecular complexity index is 635. The average molecular weight is 282 g/mol. The molecule has 1 aromatic rings. The van der Waals surface area contributed by atoms with Crippen LogP contribution in [0.5, 0.6) is 0 Å². The molecule has 3 rings (SSSR count). The second-order valence-corrected chi connectivity index (χ2v) is 6.51. The van der Waals surface area contributed by atoms with Gasteiger partial charge < -0.3 is 5.32 Å². The van der Waals surface area contributed by atoms with Crippen molar-refractivity contribution < 1.29 is 18.0 Å². The molecule has 1 amide bonds. The highest BCUT2D eigenvalue weighted by Gasteiger charge is 2.32. The predicted octanol–water partition coefficient (Wildman–Crippen LogP) is 1.07. The van der Waals surface area contributed by atoms with Crippen LogP contribution in [0, 0.1) is 0 Å². The van der Waals surface area contributed by atoms with Crippen LogP contribution in [0.1, 0.15) is 24.8 Å². The number of hydrogen-bond acceptors (Lipinski definition) is 4. The maximum atomic E-state index is 12.3. The summed E-state index contributed by atoms with van der Waals surface area (Å²) in [5.74, 6) is -0.438. The molecular formula is C12H14N2O4S. The lowest BCUT2D eigenvalue weighted by atomic mass is 10.0. The first-order valence-corrected chi connectivity index (χ1v) is 7.54. The van der Waals surface area contributed by atoms with Crippen LogP contribution in [-0.2, 0) is 19.7 Å². The number of hydroxylamine groups is 1. The molecule has 1 atom stereocenters. The van der Waals surface area contributed by atoms with Crippen molar-refractivity contribution in [3.8, 4) is 0 Å². The van der Waals surface area contributed by atoms with Crippen molar-refractivity contribution >= 4 is 21.6 Å². The van der Waals surface area contributed by atoms with Gasteiger partial charge in [-0.2, -0.15) is 0 Å². The van der Waals surface area contributed by atoms with Crippen LogP contribution < -0.4 is 5.32 Å². The summed E-state index contributed by atoms with van der Waals surface area (Å²) in [6, 6.07) is 4.67. The van der Waals surface area contributed by atoms with E-state index in [1.165, 1.54) is 6.07 Å². The summed E-state index contributed by atoms with van der Waals surface area (Å²) in [5.41, 5.74) is 1.39. The number of carbonyl (C=O) groups is 1. The van der Waals surface area contributed by atoms with Gasteiger partial charge in [-0.1, -0.05) is 4.47 Å². The zero-order chi connectivity index (χ0) is 13.6. The van der Waals surface area contributed by atoms with Crippen molar-refractivity contribution in [1.29, 1.82) is 0 Å². The molecular weight excluding hydrogens is 268 g/mol. The Kier molecular flexibility index (Phi) is 2.84. The van der Waals surface area contributed by atoms with Gasteiger partial charge in [-0.15, -0.1) is 0 Å². The number of sulfonamides is 1. The van der Waals surface area contributed by atoms with Gasteiger partial charge in [0.2, 0.25) is 5.91 Å². The number of anilines is 1. The highest BCUT2D eigenvalue weighted by atomic mass is 32.2. The Balaban J connectivity index is 2.01. The first kappa shape index (κ1) is 12.6. The van der Waals surface area contributed by atoms with Crippen LogP contribution in [-0.4, -0.2) is 31.9 Å². The summed E-state index contributed by atoms with van der Waals surface area (Å²) in [5, 5.41) is 2.72. The van der Waals surface area contributed by atoms with Gasteiger partial charge in [-0.25, -0.2) is 8.42 Å². The van der Waals surface area contributed by atoms with Crippen molar-refractivity contribution in [2.24, 2.45) is 0 Å². The van der Waals surface area contributed by atoms with E-state index in [0.717, 1.165) is 4.47 Å². The molecule has 1 fully saturated rings. The quantitative estimate of drug-likeness (QED) is 0.880. The number of fused-ring (bicyclic) bond motifs is 1. The van der Waals surface area contributed by atoms with Crippen LogP contribution >= 0.6 is 0 Å². The third kappa shape index (κ3) is 1.94. The minimum Gasteiger partial charge on any atom is -0.325 e. The maximum absolute atomic E-state index is 12.3. The molecule has 2 heterocycles. The van der Waals surface area contributed by atoms with Crippen LogP contribution in [0.4, 0.5) is 5.69 Å². The van der Waals surface area contributed by atoms with E-state index in [9.17, 15) is 13.2 Å². The summed E-state index contributed by atoms with van der Waals surface area (Å²) in [6.07, 6.45) is 0.695. The van der Waals surface area contributed by atoms with Crippen molar-refractivity contribution in [3.63, 3.8) is 0 Å². The largest absolute Gasteiger partial charge is 0.325 e. The number of nitrogens with one attached hydrogen (secondary N) is 1. The van der Waals surface area contributed by atoms with E-state index in [4.69, 9.17) is 4.84 Å². The zero-order valence-electron chi connectivity index (χ0n) is 10.4. The lowest BCUT2D eigenvalue weighted by Gasteiger charge is -2.15. The Morgan fingerprint density at radius 1 is 1.42 bits per heavy atom. The number of nitrogens with zero attached hydrogens (tertiary/aromatic N) is 1. The molecule has 7 heteroatoms. The molecule has 1 aromatic carbocycles.